The monoisotopic (exact) mass is 352 g/mol. The number of aromatic nitrogens is 5. The number of hydrogen-bond donors (Lipinski definition) is 0. The maximum atomic E-state index is 5.44. The smallest absolute Gasteiger partial charge is 0.319 e. The molecule has 2 fully saturated rings. The summed E-state index contributed by atoms with van der Waals surface area (Å²) in [6.45, 7) is 1.09. The van der Waals surface area contributed by atoms with E-state index in [1.165, 1.54) is 26.4 Å². The molecule has 2 aliphatic rings. The number of methoxy groups -OCH3 is 2. The van der Waals surface area contributed by atoms with Crippen LogP contribution in [0.25, 0.3) is 16.9 Å². The average Bonchev–Trinajstić information content (AvgIpc) is 3.42. The van der Waals surface area contributed by atoms with Crippen LogP contribution in [0.15, 0.2) is 24.7 Å². The van der Waals surface area contributed by atoms with Gasteiger partial charge in [-0.3, -0.25) is 0 Å². The zero-order valence-corrected chi connectivity index (χ0v) is 14.8. The summed E-state index contributed by atoms with van der Waals surface area (Å²) in [7, 11) is 3.12. The van der Waals surface area contributed by atoms with Gasteiger partial charge in [0.1, 0.15) is 5.69 Å². The summed E-state index contributed by atoms with van der Waals surface area (Å²) in [6.07, 6.45) is 9.21. The van der Waals surface area contributed by atoms with E-state index in [0.717, 1.165) is 35.1 Å². The van der Waals surface area contributed by atoms with Gasteiger partial charge in [-0.05, 0) is 31.2 Å². The molecule has 26 heavy (non-hydrogen) atoms. The Morgan fingerprint density at radius 2 is 2.08 bits per heavy atom. The molecular formula is C18H20N6O2. The normalized spacial score (nSPS) is 21.5. The van der Waals surface area contributed by atoms with Crippen LogP contribution in [0.1, 0.15) is 19.3 Å². The molecule has 5 rings (SSSR count). The van der Waals surface area contributed by atoms with E-state index in [9.17, 15) is 0 Å². The lowest BCUT2D eigenvalue weighted by atomic mass is 10.1. The van der Waals surface area contributed by atoms with E-state index in [2.05, 4.69) is 25.9 Å². The predicted molar refractivity (Wildman–Crippen MR) is 95.6 cm³/mol. The third-order valence-corrected chi connectivity index (χ3v) is 5.44. The molecule has 8 nitrogen and oxygen atoms in total. The molecule has 134 valence electrons. The second kappa shape index (κ2) is 5.82. The van der Waals surface area contributed by atoms with Gasteiger partial charge in [-0.25, -0.2) is 14.5 Å². The summed E-state index contributed by atoms with van der Waals surface area (Å²) in [4.78, 5) is 15.5. The lowest BCUT2D eigenvalue weighted by Crippen LogP contribution is -2.32. The highest BCUT2D eigenvalue weighted by molar-refractivity contribution is 5.76. The highest BCUT2D eigenvalue weighted by Crippen LogP contribution is 2.42. The zero-order chi connectivity index (χ0) is 17.7. The third kappa shape index (κ3) is 2.28. The number of piperidine rings is 1. The molecule has 4 heterocycles. The number of anilines is 1. The van der Waals surface area contributed by atoms with Gasteiger partial charge in [-0.2, -0.15) is 10.1 Å². The van der Waals surface area contributed by atoms with Gasteiger partial charge in [-0.15, -0.1) is 0 Å². The van der Waals surface area contributed by atoms with Crippen molar-refractivity contribution in [3.63, 3.8) is 0 Å². The Morgan fingerprint density at radius 1 is 1.15 bits per heavy atom. The van der Waals surface area contributed by atoms with Crippen LogP contribution in [0, 0.1) is 5.92 Å². The first-order valence-electron chi connectivity index (χ1n) is 8.83. The zero-order valence-electron chi connectivity index (χ0n) is 14.8. The molecule has 0 aromatic carbocycles. The van der Waals surface area contributed by atoms with E-state index in [1.54, 1.807) is 19.5 Å². The molecule has 8 heteroatoms. The molecule has 0 spiro atoms. The molecule has 1 aliphatic carbocycles. The van der Waals surface area contributed by atoms with Crippen LogP contribution in [0.3, 0.4) is 0 Å². The van der Waals surface area contributed by atoms with Crippen molar-refractivity contribution in [3.05, 3.63) is 24.7 Å². The highest BCUT2D eigenvalue weighted by atomic mass is 16.5. The van der Waals surface area contributed by atoms with Crippen molar-refractivity contribution in [2.75, 3.05) is 25.7 Å². The first-order chi connectivity index (χ1) is 12.8. The summed E-state index contributed by atoms with van der Waals surface area (Å²) in [5.74, 6) is 1.24. The van der Waals surface area contributed by atoms with Crippen LogP contribution in [0.4, 0.5) is 5.69 Å². The van der Waals surface area contributed by atoms with Crippen molar-refractivity contribution in [1.82, 2.24) is 24.6 Å². The molecule has 0 radical (unpaired) electrons. The largest absolute Gasteiger partial charge is 0.480 e. The van der Waals surface area contributed by atoms with Crippen molar-refractivity contribution in [1.29, 1.82) is 0 Å². The number of fused-ring (bicyclic) bond motifs is 3. The van der Waals surface area contributed by atoms with E-state index in [0.29, 0.717) is 11.9 Å². The minimum absolute atomic E-state index is 0.270. The number of hydrogen-bond acceptors (Lipinski definition) is 7. The van der Waals surface area contributed by atoms with E-state index >= 15 is 0 Å². The first kappa shape index (κ1) is 15.4. The van der Waals surface area contributed by atoms with Crippen molar-refractivity contribution < 1.29 is 9.47 Å². The first-order valence-corrected chi connectivity index (χ1v) is 8.83. The predicted octanol–water partition coefficient (Wildman–Crippen LogP) is 2.19. The molecule has 0 N–H and O–H groups in total. The summed E-state index contributed by atoms with van der Waals surface area (Å²) < 4.78 is 12.4. The maximum Gasteiger partial charge on any atom is 0.319 e. The third-order valence-electron chi connectivity index (χ3n) is 5.44. The Balaban J connectivity index is 1.65. The molecule has 0 unspecified atom stereocenters. The van der Waals surface area contributed by atoms with Crippen molar-refractivity contribution in [2.45, 2.75) is 25.3 Å². The second-order valence-corrected chi connectivity index (χ2v) is 6.88. The lowest BCUT2D eigenvalue weighted by molar-refractivity contribution is 0.353. The molecule has 3 aromatic heterocycles. The Labute approximate surface area is 150 Å². The Bertz CT molecular complexity index is 971. The minimum atomic E-state index is 0.270. The Kier molecular flexibility index (Phi) is 3.44. The van der Waals surface area contributed by atoms with Crippen molar-refractivity contribution in [2.24, 2.45) is 5.92 Å². The molecule has 1 saturated heterocycles. The van der Waals surface area contributed by atoms with E-state index in [1.807, 2.05) is 10.7 Å². The fraction of sp³-hybridized carbons (Fsp3) is 0.444. The van der Waals surface area contributed by atoms with Gasteiger partial charge in [0.25, 0.3) is 0 Å². The topological polar surface area (TPSA) is 77.7 Å². The molecule has 2 bridgehead atoms. The fourth-order valence-electron chi connectivity index (χ4n) is 4.24. The van der Waals surface area contributed by atoms with Crippen LogP contribution in [0.2, 0.25) is 0 Å². The average molecular weight is 352 g/mol. The molecule has 1 saturated carbocycles. The Hall–Kier alpha value is -2.90. The van der Waals surface area contributed by atoms with Crippen LogP contribution < -0.4 is 14.4 Å². The highest BCUT2D eigenvalue weighted by Gasteiger charge is 2.39. The second-order valence-electron chi connectivity index (χ2n) is 6.88. The minimum Gasteiger partial charge on any atom is -0.480 e. The van der Waals surface area contributed by atoms with Crippen LogP contribution in [0.5, 0.6) is 11.9 Å². The molecule has 0 amide bonds. The number of nitrogens with zero attached hydrogens (tertiary/aromatic N) is 6. The van der Waals surface area contributed by atoms with E-state index in [4.69, 9.17) is 14.6 Å². The molecule has 2 atom stereocenters. The van der Waals surface area contributed by atoms with Gasteiger partial charge < -0.3 is 14.4 Å². The van der Waals surface area contributed by atoms with Gasteiger partial charge in [0.2, 0.25) is 5.88 Å². The van der Waals surface area contributed by atoms with Gasteiger partial charge in [0.15, 0.2) is 5.65 Å². The van der Waals surface area contributed by atoms with Crippen LogP contribution in [-0.4, -0.2) is 51.4 Å². The maximum absolute atomic E-state index is 5.44. The van der Waals surface area contributed by atoms with Gasteiger partial charge in [0, 0.05) is 31.2 Å². The number of rotatable bonds is 4. The van der Waals surface area contributed by atoms with E-state index in [-0.39, 0.29) is 6.01 Å². The molecule has 1 aliphatic heterocycles. The van der Waals surface area contributed by atoms with Gasteiger partial charge >= 0.3 is 6.01 Å². The van der Waals surface area contributed by atoms with Gasteiger partial charge in [0.05, 0.1) is 25.5 Å². The van der Waals surface area contributed by atoms with E-state index < -0.39 is 0 Å². The number of imidazole rings is 1. The van der Waals surface area contributed by atoms with Crippen LogP contribution >= 0.6 is 0 Å². The number of ether oxygens (including phenoxy) is 2. The van der Waals surface area contributed by atoms with Crippen LogP contribution in [-0.2, 0) is 0 Å². The standard InChI is InChI=1S/C18H20N6O2/c1-25-17-13(9-20-18(21-17)26-2)14-8-15(16-19-5-6-24(16)22-14)23-10-11-3-4-12(23)7-11/h5-6,8-9,11-12H,3-4,7,10H2,1-2H3/t11-,12+/m0/s1. The lowest BCUT2D eigenvalue weighted by Gasteiger charge is -2.29. The summed E-state index contributed by atoms with van der Waals surface area (Å²) in [5, 5.41) is 4.69. The SMILES string of the molecule is COc1ncc(-c2cc(N3C[C@H]4CC[C@@H]3C4)c3nccn3n2)c(OC)n1. The molecular weight excluding hydrogens is 332 g/mol. The fourth-order valence-corrected chi connectivity index (χ4v) is 4.24. The summed E-state index contributed by atoms with van der Waals surface area (Å²) in [6, 6.07) is 2.95. The van der Waals surface area contributed by atoms with Crippen molar-refractivity contribution >= 4 is 11.3 Å². The summed E-state index contributed by atoms with van der Waals surface area (Å²) in [5.41, 5.74) is 3.49. The van der Waals surface area contributed by atoms with Crippen molar-refractivity contribution in [3.8, 4) is 23.1 Å². The quantitative estimate of drug-likeness (QED) is 0.712. The summed E-state index contributed by atoms with van der Waals surface area (Å²) >= 11 is 0. The molecule has 3 aromatic rings. The Morgan fingerprint density at radius 3 is 2.81 bits per heavy atom. The van der Waals surface area contributed by atoms with Gasteiger partial charge in [-0.1, -0.05) is 0 Å².